The molecule has 122 valence electrons. The van der Waals surface area contributed by atoms with Gasteiger partial charge in [0.25, 0.3) is 5.91 Å². The summed E-state index contributed by atoms with van der Waals surface area (Å²) in [5.41, 5.74) is 0.604. The number of aromatic nitrogens is 1. The standard InChI is InChI=1S/C14H15N3O4S2/c18-11(16-6-12-17-10(8-23-12)14(20)21)2-1-4-15-13(19)9-3-5-22-7-9/h3,5,7-8H,1-2,4,6H2,(H,15,19)(H,16,18)(H,20,21). The molecule has 2 aromatic heterocycles. The highest BCUT2D eigenvalue weighted by Crippen LogP contribution is 2.09. The number of carbonyl (C=O) groups is 3. The molecule has 2 rings (SSSR count). The summed E-state index contributed by atoms with van der Waals surface area (Å²) in [6, 6.07) is 1.74. The minimum atomic E-state index is -1.08. The zero-order valence-electron chi connectivity index (χ0n) is 12.1. The Kier molecular flexibility index (Phi) is 6.24. The van der Waals surface area contributed by atoms with E-state index in [1.54, 1.807) is 11.4 Å². The van der Waals surface area contributed by atoms with Crippen molar-refractivity contribution in [2.24, 2.45) is 0 Å². The van der Waals surface area contributed by atoms with Crippen LogP contribution in [0.2, 0.25) is 0 Å². The number of hydrogen-bond acceptors (Lipinski definition) is 6. The fourth-order valence-electron chi connectivity index (χ4n) is 1.70. The van der Waals surface area contributed by atoms with Crippen molar-refractivity contribution in [2.75, 3.05) is 6.54 Å². The van der Waals surface area contributed by atoms with Crippen LogP contribution in [0.5, 0.6) is 0 Å². The van der Waals surface area contributed by atoms with Gasteiger partial charge in [-0.2, -0.15) is 11.3 Å². The Labute approximate surface area is 140 Å². The highest BCUT2D eigenvalue weighted by atomic mass is 32.1. The van der Waals surface area contributed by atoms with Gasteiger partial charge in [0.2, 0.25) is 5.91 Å². The summed E-state index contributed by atoms with van der Waals surface area (Å²) >= 11 is 2.64. The summed E-state index contributed by atoms with van der Waals surface area (Å²) in [4.78, 5) is 37.9. The average molecular weight is 353 g/mol. The molecule has 9 heteroatoms. The van der Waals surface area contributed by atoms with Gasteiger partial charge in [0.1, 0.15) is 5.01 Å². The van der Waals surface area contributed by atoms with Crippen LogP contribution in [0.1, 0.15) is 38.7 Å². The van der Waals surface area contributed by atoms with E-state index >= 15 is 0 Å². The predicted octanol–water partition coefficient (Wildman–Crippen LogP) is 1.73. The number of hydrogen-bond donors (Lipinski definition) is 3. The first-order chi connectivity index (χ1) is 11.1. The molecule has 0 spiro atoms. The normalized spacial score (nSPS) is 10.3. The molecule has 0 saturated carbocycles. The molecule has 0 unspecified atom stereocenters. The second-order valence-corrected chi connectivity index (χ2v) is 6.30. The van der Waals surface area contributed by atoms with Gasteiger partial charge >= 0.3 is 5.97 Å². The van der Waals surface area contributed by atoms with Crippen molar-refractivity contribution in [3.05, 3.63) is 38.5 Å². The van der Waals surface area contributed by atoms with Crippen molar-refractivity contribution >= 4 is 40.5 Å². The molecule has 2 aromatic rings. The Morgan fingerprint density at radius 1 is 1.22 bits per heavy atom. The molecule has 3 N–H and O–H groups in total. The number of thiazole rings is 1. The summed E-state index contributed by atoms with van der Waals surface area (Å²) in [6.07, 6.45) is 0.807. The SMILES string of the molecule is O=C(CCCNC(=O)c1ccsc1)NCc1nc(C(=O)O)cs1. The second kappa shape index (κ2) is 8.39. The maximum Gasteiger partial charge on any atom is 0.355 e. The molecule has 2 amide bonds. The van der Waals surface area contributed by atoms with E-state index in [-0.39, 0.29) is 30.5 Å². The van der Waals surface area contributed by atoms with Crippen LogP contribution in [0.3, 0.4) is 0 Å². The van der Waals surface area contributed by atoms with Crippen molar-refractivity contribution in [1.29, 1.82) is 0 Å². The maximum absolute atomic E-state index is 11.7. The first-order valence-electron chi connectivity index (χ1n) is 6.81. The quantitative estimate of drug-likeness (QED) is 0.626. The van der Waals surface area contributed by atoms with Crippen LogP contribution in [0.4, 0.5) is 0 Å². The lowest BCUT2D eigenvalue weighted by Crippen LogP contribution is -2.27. The first kappa shape index (κ1) is 17.1. The van der Waals surface area contributed by atoms with Crippen LogP contribution < -0.4 is 10.6 Å². The fraction of sp³-hybridized carbons (Fsp3) is 0.286. The van der Waals surface area contributed by atoms with Crippen molar-refractivity contribution in [3.63, 3.8) is 0 Å². The fourth-order valence-corrected chi connectivity index (χ4v) is 3.04. The molecule has 0 saturated heterocycles. The van der Waals surface area contributed by atoms with Gasteiger partial charge < -0.3 is 15.7 Å². The maximum atomic E-state index is 11.7. The van der Waals surface area contributed by atoms with Crippen molar-refractivity contribution in [1.82, 2.24) is 15.6 Å². The molecule has 0 radical (unpaired) electrons. The molecule has 0 aliphatic rings. The Balaban J connectivity index is 1.61. The topological polar surface area (TPSA) is 108 Å². The van der Waals surface area contributed by atoms with Gasteiger partial charge in [-0.25, -0.2) is 9.78 Å². The van der Waals surface area contributed by atoms with E-state index in [0.717, 1.165) is 0 Å². The summed E-state index contributed by atoms with van der Waals surface area (Å²) in [7, 11) is 0. The third-order valence-corrected chi connectivity index (χ3v) is 4.39. The van der Waals surface area contributed by atoms with Crippen LogP contribution in [-0.2, 0) is 11.3 Å². The van der Waals surface area contributed by atoms with Gasteiger partial charge in [-0.1, -0.05) is 0 Å². The van der Waals surface area contributed by atoms with Crippen LogP contribution in [0.25, 0.3) is 0 Å². The lowest BCUT2D eigenvalue weighted by molar-refractivity contribution is -0.121. The number of amides is 2. The molecule has 0 fully saturated rings. The number of nitrogens with one attached hydrogen (secondary N) is 2. The van der Waals surface area contributed by atoms with Gasteiger partial charge in [-0.15, -0.1) is 11.3 Å². The van der Waals surface area contributed by atoms with Crippen molar-refractivity contribution in [2.45, 2.75) is 19.4 Å². The van der Waals surface area contributed by atoms with Crippen LogP contribution in [0, 0.1) is 0 Å². The summed E-state index contributed by atoms with van der Waals surface area (Å²) in [6.45, 7) is 0.626. The van der Waals surface area contributed by atoms with Gasteiger partial charge in [0, 0.05) is 29.3 Å². The van der Waals surface area contributed by atoms with Crippen molar-refractivity contribution < 1.29 is 19.5 Å². The van der Waals surface area contributed by atoms with E-state index in [1.807, 2.05) is 5.38 Å². The smallest absolute Gasteiger partial charge is 0.355 e. The average Bonchev–Trinajstić information content (AvgIpc) is 3.20. The largest absolute Gasteiger partial charge is 0.476 e. The molecule has 7 nitrogen and oxygen atoms in total. The van der Waals surface area contributed by atoms with E-state index in [9.17, 15) is 14.4 Å². The molecular formula is C14H15N3O4S2. The Bertz CT molecular complexity index is 682. The highest BCUT2D eigenvalue weighted by Gasteiger charge is 2.10. The molecule has 0 bridgehead atoms. The zero-order chi connectivity index (χ0) is 16.7. The number of nitrogens with zero attached hydrogens (tertiary/aromatic N) is 1. The predicted molar refractivity (Wildman–Crippen MR) is 86.8 cm³/mol. The molecule has 0 aliphatic heterocycles. The zero-order valence-corrected chi connectivity index (χ0v) is 13.7. The van der Waals surface area contributed by atoms with Gasteiger partial charge in [-0.05, 0) is 17.9 Å². The molecule has 0 aliphatic carbocycles. The number of thiophene rings is 1. The molecule has 0 atom stereocenters. The third-order valence-electron chi connectivity index (χ3n) is 2.86. The number of carbonyl (C=O) groups excluding carboxylic acids is 2. The number of aromatic carboxylic acids is 1. The van der Waals surface area contributed by atoms with Crippen LogP contribution >= 0.6 is 22.7 Å². The van der Waals surface area contributed by atoms with Gasteiger partial charge in [0.05, 0.1) is 6.54 Å². The third kappa shape index (κ3) is 5.46. The summed E-state index contributed by atoms with van der Waals surface area (Å²) < 4.78 is 0. The summed E-state index contributed by atoms with van der Waals surface area (Å²) in [5, 5.41) is 19.7. The van der Waals surface area contributed by atoms with E-state index in [0.29, 0.717) is 23.5 Å². The van der Waals surface area contributed by atoms with Gasteiger partial charge in [-0.3, -0.25) is 9.59 Å². The Morgan fingerprint density at radius 3 is 2.70 bits per heavy atom. The lowest BCUT2D eigenvalue weighted by atomic mass is 10.2. The van der Waals surface area contributed by atoms with E-state index in [1.165, 1.54) is 28.1 Å². The number of carboxylic acid groups (broad SMARTS) is 1. The minimum absolute atomic E-state index is 0.0182. The molecule has 2 heterocycles. The van der Waals surface area contributed by atoms with Gasteiger partial charge in [0.15, 0.2) is 5.69 Å². The van der Waals surface area contributed by atoms with E-state index in [2.05, 4.69) is 15.6 Å². The van der Waals surface area contributed by atoms with Crippen LogP contribution in [0.15, 0.2) is 22.2 Å². The lowest BCUT2D eigenvalue weighted by Gasteiger charge is -2.05. The van der Waals surface area contributed by atoms with Crippen molar-refractivity contribution in [3.8, 4) is 0 Å². The summed E-state index contributed by atoms with van der Waals surface area (Å²) in [5.74, 6) is -1.39. The number of rotatable bonds is 8. The Hall–Kier alpha value is -2.26. The van der Waals surface area contributed by atoms with E-state index < -0.39 is 5.97 Å². The van der Waals surface area contributed by atoms with Crippen LogP contribution in [-0.4, -0.2) is 34.4 Å². The highest BCUT2D eigenvalue weighted by molar-refractivity contribution is 7.09. The first-order valence-corrected chi connectivity index (χ1v) is 8.63. The number of carboxylic acids is 1. The van der Waals surface area contributed by atoms with E-state index in [4.69, 9.17) is 5.11 Å². The minimum Gasteiger partial charge on any atom is -0.476 e. The Morgan fingerprint density at radius 2 is 2.04 bits per heavy atom. The monoisotopic (exact) mass is 353 g/mol. The molecule has 23 heavy (non-hydrogen) atoms. The second-order valence-electron chi connectivity index (χ2n) is 4.58. The molecular weight excluding hydrogens is 338 g/mol. The molecule has 0 aromatic carbocycles.